The number of alkyl halides is 3. The van der Waals surface area contributed by atoms with Crippen molar-refractivity contribution >= 4 is 5.91 Å². The Morgan fingerprint density at radius 2 is 1.90 bits per heavy atom. The third kappa shape index (κ3) is 5.17. The Morgan fingerprint density at radius 3 is 2.61 bits per heavy atom. The number of carbonyl (C=O) groups is 1. The maximum atomic E-state index is 12.8. The molecule has 0 saturated heterocycles. The molecule has 1 aromatic heterocycles. The Morgan fingerprint density at radius 1 is 1.16 bits per heavy atom. The number of methoxy groups -OCH3 is 1. The van der Waals surface area contributed by atoms with Crippen molar-refractivity contribution < 1.29 is 32.0 Å². The molecule has 3 aromatic rings. The number of amides is 1. The highest BCUT2D eigenvalue weighted by molar-refractivity contribution is 5.92. The number of carbonyl (C=O) groups excluding carboxylic acids is 1. The number of hydrogen-bond donors (Lipinski definition) is 0. The van der Waals surface area contributed by atoms with E-state index < -0.39 is 11.7 Å². The van der Waals surface area contributed by atoms with Gasteiger partial charge in [-0.25, -0.2) is 0 Å². The van der Waals surface area contributed by atoms with Crippen LogP contribution in [0.3, 0.4) is 0 Å². The van der Waals surface area contributed by atoms with Gasteiger partial charge in [-0.05, 0) is 31.2 Å². The third-order valence-electron chi connectivity index (χ3n) is 4.81. The van der Waals surface area contributed by atoms with Crippen molar-refractivity contribution in [1.82, 2.24) is 10.1 Å². The minimum absolute atomic E-state index is 0.0287. The molecule has 6 nitrogen and oxygen atoms in total. The second kappa shape index (κ2) is 9.11. The summed E-state index contributed by atoms with van der Waals surface area (Å²) in [6.45, 7) is 1.68. The van der Waals surface area contributed by atoms with Gasteiger partial charge in [0.25, 0.3) is 5.91 Å². The lowest BCUT2D eigenvalue weighted by Gasteiger charge is -2.25. The zero-order chi connectivity index (χ0) is 22.6. The fourth-order valence-corrected chi connectivity index (χ4v) is 2.98. The Bertz CT molecular complexity index is 1050. The smallest absolute Gasteiger partial charge is 0.416 e. The van der Waals surface area contributed by atoms with Crippen LogP contribution in [0.15, 0.2) is 59.1 Å². The van der Waals surface area contributed by atoms with Gasteiger partial charge >= 0.3 is 6.18 Å². The van der Waals surface area contributed by atoms with Crippen LogP contribution in [-0.4, -0.2) is 30.1 Å². The highest BCUT2D eigenvalue weighted by atomic mass is 19.4. The second-order valence-corrected chi connectivity index (χ2v) is 6.83. The number of halogens is 3. The van der Waals surface area contributed by atoms with Crippen LogP contribution in [-0.2, 0) is 12.8 Å². The highest BCUT2D eigenvalue weighted by Crippen LogP contribution is 2.32. The zero-order valence-corrected chi connectivity index (χ0v) is 17.1. The van der Waals surface area contributed by atoms with Gasteiger partial charge in [0, 0.05) is 18.7 Å². The van der Waals surface area contributed by atoms with Crippen LogP contribution >= 0.6 is 0 Å². The van der Waals surface area contributed by atoms with Crippen molar-refractivity contribution in [2.24, 2.45) is 0 Å². The first kappa shape index (κ1) is 22.2. The topological polar surface area (TPSA) is 64.8 Å². The maximum absolute atomic E-state index is 12.8. The normalized spacial score (nSPS) is 12.3. The molecular formula is C22H21F3N2O4. The summed E-state index contributed by atoms with van der Waals surface area (Å²) in [5, 5.41) is 3.77. The molecule has 164 valence electrons. The number of nitrogens with zero attached hydrogens (tertiary/aromatic N) is 2. The number of rotatable bonds is 7. The predicted molar refractivity (Wildman–Crippen MR) is 106 cm³/mol. The van der Waals surface area contributed by atoms with Crippen LogP contribution in [0.25, 0.3) is 0 Å². The van der Waals surface area contributed by atoms with Crippen molar-refractivity contribution in [3.63, 3.8) is 0 Å². The molecule has 0 fully saturated rings. The van der Waals surface area contributed by atoms with Gasteiger partial charge in [-0.2, -0.15) is 13.2 Å². The lowest BCUT2D eigenvalue weighted by atomic mass is 10.1. The van der Waals surface area contributed by atoms with E-state index in [4.69, 9.17) is 14.0 Å². The third-order valence-corrected chi connectivity index (χ3v) is 4.81. The molecule has 0 unspecified atom stereocenters. The molecule has 0 bridgehead atoms. The first-order valence-corrected chi connectivity index (χ1v) is 9.36. The molecule has 1 heterocycles. The Balaban J connectivity index is 1.67. The number of ether oxygens (including phenoxy) is 2. The molecule has 1 atom stereocenters. The summed E-state index contributed by atoms with van der Waals surface area (Å²) in [5.41, 5.74) is 0.0785. The van der Waals surface area contributed by atoms with Gasteiger partial charge in [0.2, 0.25) is 0 Å². The number of benzene rings is 2. The molecule has 9 heteroatoms. The van der Waals surface area contributed by atoms with Crippen LogP contribution in [0.4, 0.5) is 13.2 Å². The number of para-hydroxylation sites is 1. The lowest BCUT2D eigenvalue weighted by Crippen LogP contribution is -2.30. The van der Waals surface area contributed by atoms with E-state index in [1.165, 1.54) is 23.1 Å². The standard InChI is InChI=1S/C22H21F3N2O4/c1-14(18-9-4-5-10-20(18)29-3)27(2)21(28)19-12-17(31-26-19)13-30-16-8-6-7-15(11-16)22(23,24)25/h4-12,14H,13H2,1-3H3/t14-/m0/s1. The molecule has 0 aliphatic carbocycles. The van der Waals surface area contributed by atoms with Crippen molar-refractivity contribution in [2.45, 2.75) is 25.7 Å². The largest absolute Gasteiger partial charge is 0.496 e. The minimum Gasteiger partial charge on any atom is -0.496 e. The molecule has 0 radical (unpaired) electrons. The van der Waals surface area contributed by atoms with E-state index in [-0.39, 0.29) is 35.8 Å². The van der Waals surface area contributed by atoms with E-state index in [0.29, 0.717) is 5.75 Å². The molecule has 0 spiro atoms. The molecule has 31 heavy (non-hydrogen) atoms. The van der Waals surface area contributed by atoms with Crippen LogP contribution in [0.1, 0.15) is 40.3 Å². The summed E-state index contributed by atoms with van der Waals surface area (Å²) in [5.74, 6) is 0.512. The van der Waals surface area contributed by atoms with Crippen LogP contribution < -0.4 is 9.47 Å². The van der Waals surface area contributed by atoms with Crippen LogP contribution in [0.2, 0.25) is 0 Å². The number of hydrogen-bond acceptors (Lipinski definition) is 5. The summed E-state index contributed by atoms with van der Waals surface area (Å²) in [6, 6.07) is 13.0. The van der Waals surface area contributed by atoms with Gasteiger partial charge in [0.05, 0.1) is 18.7 Å². The lowest BCUT2D eigenvalue weighted by molar-refractivity contribution is -0.137. The van der Waals surface area contributed by atoms with E-state index >= 15 is 0 Å². The Labute approximate surface area is 177 Å². The predicted octanol–water partition coefficient (Wildman–Crippen LogP) is 5.11. The summed E-state index contributed by atoms with van der Waals surface area (Å²) in [6.07, 6.45) is -4.46. The summed E-state index contributed by atoms with van der Waals surface area (Å²) in [4.78, 5) is 14.3. The monoisotopic (exact) mass is 434 g/mol. The average molecular weight is 434 g/mol. The van der Waals surface area contributed by atoms with E-state index in [0.717, 1.165) is 17.7 Å². The SMILES string of the molecule is COc1ccccc1[C@H](C)N(C)C(=O)c1cc(COc2cccc(C(F)(F)F)c2)on1. The first-order chi connectivity index (χ1) is 14.7. The van der Waals surface area contributed by atoms with Gasteiger partial charge in [-0.3, -0.25) is 4.79 Å². The molecular weight excluding hydrogens is 413 g/mol. The quantitative estimate of drug-likeness (QED) is 0.517. The summed E-state index contributed by atoms with van der Waals surface area (Å²) < 4.78 is 54.2. The Kier molecular flexibility index (Phi) is 6.53. The second-order valence-electron chi connectivity index (χ2n) is 6.83. The summed E-state index contributed by atoms with van der Waals surface area (Å²) in [7, 11) is 3.19. The maximum Gasteiger partial charge on any atom is 0.416 e. The van der Waals surface area contributed by atoms with Gasteiger partial charge in [-0.15, -0.1) is 0 Å². The average Bonchev–Trinajstić information content (AvgIpc) is 3.25. The van der Waals surface area contributed by atoms with Gasteiger partial charge < -0.3 is 18.9 Å². The van der Waals surface area contributed by atoms with Gasteiger partial charge in [-0.1, -0.05) is 29.4 Å². The van der Waals surface area contributed by atoms with Gasteiger partial charge in [0.15, 0.2) is 11.5 Å². The van der Waals surface area contributed by atoms with E-state index in [2.05, 4.69) is 5.16 Å². The minimum atomic E-state index is -4.46. The molecule has 1 amide bonds. The molecule has 3 rings (SSSR count). The Hall–Kier alpha value is -3.49. The molecule has 2 aromatic carbocycles. The molecule has 0 aliphatic heterocycles. The van der Waals surface area contributed by atoms with E-state index in [1.807, 2.05) is 31.2 Å². The van der Waals surface area contributed by atoms with Crippen molar-refractivity contribution in [3.05, 3.63) is 77.2 Å². The summed E-state index contributed by atoms with van der Waals surface area (Å²) >= 11 is 0. The van der Waals surface area contributed by atoms with Crippen LogP contribution in [0, 0.1) is 0 Å². The van der Waals surface area contributed by atoms with Crippen molar-refractivity contribution in [3.8, 4) is 11.5 Å². The van der Waals surface area contributed by atoms with Crippen molar-refractivity contribution in [1.29, 1.82) is 0 Å². The molecule has 0 aliphatic rings. The van der Waals surface area contributed by atoms with Crippen molar-refractivity contribution in [2.75, 3.05) is 14.2 Å². The molecule has 0 saturated carbocycles. The van der Waals surface area contributed by atoms with Gasteiger partial charge in [0.1, 0.15) is 18.1 Å². The fraction of sp³-hybridized carbons (Fsp3) is 0.273. The molecule has 0 N–H and O–H groups in total. The van der Waals surface area contributed by atoms with Crippen LogP contribution in [0.5, 0.6) is 11.5 Å². The zero-order valence-electron chi connectivity index (χ0n) is 17.1. The van der Waals surface area contributed by atoms with E-state index in [9.17, 15) is 18.0 Å². The van der Waals surface area contributed by atoms with E-state index in [1.54, 1.807) is 14.2 Å². The fourth-order valence-electron chi connectivity index (χ4n) is 2.98. The first-order valence-electron chi connectivity index (χ1n) is 9.36. The number of aromatic nitrogens is 1. The highest BCUT2D eigenvalue weighted by Gasteiger charge is 2.30.